The lowest BCUT2D eigenvalue weighted by molar-refractivity contribution is 0.0827. The molecule has 0 aliphatic carbocycles. The van der Waals surface area contributed by atoms with E-state index in [4.69, 9.17) is 0 Å². The van der Waals surface area contributed by atoms with Crippen LogP contribution in [0.4, 0.5) is 0 Å². The van der Waals surface area contributed by atoms with Crippen LogP contribution in [0.3, 0.4) is 0 Å². The van der Waals surface area contributed by atoms with Crippen molar-refractivity contribution in [2.24, 2.45) is 0 Å². The summed E-state index contributed by atoms with van der Waals surface area (Å²) in [6.07, 6.45) is 0. The van der Waals surface area contributed by atoms with E-state index < -0.39 is 0 Å². The molecule has 28 heavy (non-hydrogen) atoms. The van der Waals surface area contributed by atoms with Gasteiger partial charge in [0.15, 0.2) is 0 Å². The minimum absolute atomic E-state index is 0.0456. The molecule has 1 N–H and O–H groups in total. The molecule has 142 valence electrons. The van der Waals surface area contributed by atoms with Gasteiger partial charge in [-0.05, 0) is 36.8 Å². The van der Waals surface area contributed by atoms with Gasteiger partial charge < -0.3 is 10.2 Å². The smallest absolute Gasteiger partial charge is 0.253 e. The Hall–Kier alpha value is -3.47. The third-order valence-corrected chi connectivity index (χ3v) is 4.46. The van der Waals surface area contributed by atoms with Crippen LogP contribution in [0.25, 0.3) is 11.3 Å². The third kappa shape index (κ3) is 4.43. The molecule has 0 atom stereocenters. The second-order valence-corrected chi connectivity index (χ2v) is 6.77. The molecule has 5 heteroatoms. The number of carbonyl (C=O) groups is 2. The first-order chi connectivity index (χ1) is 13.5. The quantitative estimate of drug-likeness (QED) is 0.742. The molecule has 3 aromatic rings. The number of hydrogen-bond donors (Lipinski definition) is 1. The summed E-state index contributed by atoms with van der Waals surface area (Å²) in [6.45, 7) is 2.22. The Morgan fingerprint density at radius 3 is 2.21 bits per heavy atom. The van der Waals surface area contributed by atoms with Gasteiger partial charge >= 0.3 is 0 Å². The van der Waals surface area contributed by atoms with Crippen LogP contribution in [-0.2, 0) is 6.54 Å². The fraction of sp³-hybridized carbons (Fsp3) is 0.174. The average Bonchev–Trinajstić information content (AvgIpc) is 2.72. The Morgan fingerprint density at radius 1 is 0.929 bits per heavy atom. The monoisotopic (exact) mass is 373 g/mol. The molecule has 3 rings (SSSR count). The molecule has 0 aliphatic rings. The Balaban J connectivity index is 1.66. The predicted molar refractivity (Wildman–Crippen MR) is 110 cm³/mol. The Kier molecular flexibility index (Phi) is 5.84. The molecular formula is C23H23N3O2. The van der Waals surface area contributed by atoms with Gasteiger partial charge in [0.05, 0.1) is 17.0 Å². The zero-order valence-electron chi connectivity index (χ0n) is 16.3. The molecule has 0 spiro atoms. The summed E-state index contributed by atoms with van der Waals surface area (Å²) in [5.41, 5.74) is 4.65. The molecular weight excluding hydrogens is 350 g/mol. The van der Waals surface area contributed by atoms with Crippen molar-refractivity contribution in [3.63, 3.8) is 0 Å². The molecule has 5 nitrogen and oxygen atoms in total. The van der Waals surface area contributed by atoms with Gasteiger partial charge in [0.2, 0.25) is 0 Å². The number of aryl methyl sites for hydroxylation is 1. The van der Waals surface area contributed by atoms with Crippen molar-refractivity contribution in [3.8, 4) is 11.3 Å². The van der Waals surface area contributed by atoms with Gasteiger partial charge in [-0.2, -0.15) is 0 Å². The Bertz CT molecular complexity index is 980. The summed E-state index contributed by atoms with van der Waals surface area (Å²) in [4.78, 5) is 30.6. The molecule has 0 radical (unpaired) electrons. The van der Waals surface area contributed by atoms with Crippen molar-refractivity contribution in [2.75, 3.05) is 14.1 Å². The van der Waals surface area contributed by atoms with Crippen LogP contribution >= 0.6 is 0 Å². The molecule has 2 aromatic carbocycles. The molecule has 1 aromatic heterocycles. The van der Waals surface area contributed by atoms with Crippen LogP contribution in [0, 0.1) is 6.92 Å². The second kappa shape index (κ2) is 8.48. The lowest BCUT2D eigenvalue weighted by atomic mass is 10.1. The summed E-state index contributed by atoms with van der Waals surface area (Å²) in [5, 5.41) is 2.91. The number of nitrogens with zero attached hydrogens (tertiary/aromatic N) is 2. The minimum Gasteiger partial charge on any atom is -0.348 e. The van der Waals surface area contributed by atoms with Gasteiger partial charge in [-0.15, -0.1) is 0 Å². The van der Waals surface area contributed by atoms with Gasteiger partial charge in [-0.1, -0.05) is 42.5 Å². The second-order valence-electron chi connectivity index (χ2n) is 6.77. The topological polar surface area (TPSA) is 62.3 Å². The Labute approximate surface area is 165 Å². The first kappa shape index (κ1) is 19.3. The zero-order chi connectivity index (χ0) is 20.1. The van der Waals surface area contributed by atoms with Crippen LogP contribution < -0.4 is 5.32 Å². The van der Waals surface area contributed by atoms with E-state index in [1.165, 1.54) is 4.90 Å². The van der Waals surface area contributed by atoms with E-state index in [1.54, 1.807) is 32.3 Å². The summed E-state index contributed by atoms with van der Waals surface area (Å²) in [5.74, 6) is -0.214. The standard InChI is InChI=1S/C23H23N3O2/c1-16-20(13-14-21(25-16)18-7-5-4-6-8-18)22(27)24-15-17-9-11-19(12-10-17)23(28)26(2)3/h4-14H,15H2,1-3H3,(H,24,27). The van der Waals surface area contributed by atoms with Crippen molar-refractivity contribution < 1.29 is 9.59 Å². The number of amides is 2. The van der Waals surface area contributed by atoms with E-state index in [0.717, 1.165) is 16.8 Å². The van der Waals surface area contributed by atoms with Crippen LogP contribution in [-0.4, -0.2) is 35.8 Å². The van der Waals surface area contributed by atoms with Gasteiger partial charge in [0, 0.05) is 31.8 Å². The summed E-state index contributed by atoms with van der Waals surface area (Å²) in [7, 11) is 3.44. The van der Waals surface area contributed by atoms with E-state index in [-0.39, 0.29) is 11.8 Å². The summed E-state index contributed by atoms with van der Waals surface area (Å²) in [6, 6.07) is 20.8. The Morgan fingerprint density at radius 2 is 1.61 bits per heavy atom. The number of benzene rings is 2. The molecule has 2 amide bonds. The molecule has 0 saturated heterocycles. The van der Waals surface area contributed by atoms with Crippen molar-refractivity contribution in [3.05, 3.63) is 89.1 Å². The van der Waals surface area contributed by atoms with Crippen molar-refractivity contribution in [2.45, 2.75) is 13.5 Å². The number of rotatable bonds is 5. The maximum absolute atomic E-state index is 12.5. The average molecular weight is 373 g/mol. The summed E-state index contributed by atoms with van der Waals surface area (Å²) < 4.78 is 0. The van der Waals surface area contributed by atoms with Gasteiger partial charge in [-0.3, -0.25) is 14.6 Å². The normalized spacial score (nSPS) is 10.4. The van der Waals surface area contributed by atoms with E-state index in [9.17, 15) is 9.59 Å². The van der Waals surface area contributed by atoms with E-state index in [0.29, 0.717) is 23.4 Å². The van der Waals surface area contributed by atoms with Crippen LogP contribution in [0.1, 0.15) is 32.0 Å². The number of nitrogens with one attached hydrogen (secondary N) is 1. The highest BCUT2D eigenvalue weighted by Crippen LogP contribution is 2.18. The van der Waals surface area contributed by atoms with Gasteiger partial charge in [0.25, 0.3) is 11.8 Å². The maximum Gasteiger partial charge on any atom is 0.253 e. The first-order valence-corrected chi connectivity index (χ1v) is 9.07. The fourth-order valence-corrected chi connectivity index (χ4v) is 2.87. The highest BCUT2D eigenvalue weighted by Gasteiger charge is 2.12. The van der Waals surface area contributed by atoms with Crippen LogP contribution in [0.2, 0.25) is 0 Å². The van der Waals surface area contributed by atoms with E-state index in [2.05, 4.69) is 10.3 Å². The molecule has 0 aliphatic heterocycles. The number of pyridine rings is 1. The zero-order valence-corrected chi connectivity index (χ0v) is 16.3. The first-order valence-electron chi connectivity index (χ1n) is 9.07. The van der Waals surface area contributed by atoms with Crippen molar-refractivity contribution >= 4 is 11.8 Å². The molecule has 0 unspecified atom stereocenters. The maximum atomic E-state index is 12.5. The SMILES string of the molecule is Cc1nc(-c2ccccc2)ccc1C(=O)NCc1ccc(C(=O)N(C)C)cc1. The van der Waals surface area contributed by atoms with Gasteiger partial charge in [-0.25, -0.2) is 0 Å². The molecule has 0 bridgehead atoms. The lowest BCUT2D eigenvalue weighted by Crippen LogP contribution is -2.24. The van der Waals surface area contributed by atoms with Crippen molar-refractivity contribution in [1.29, 1.82) is 0 Å². The largest absolute Gasteiger partial charge is 0.348 e. The third-order valence-electron chi connectivity index (χ3n) is 4.46. The number of hydrogen-bond acceptors (Lipinski definition) is 3. The van der Waals surface area contributed by atoms with Crippen molar-refractivity contribution in [1.82, 2.24) is 15.2 Å². The minimum atomic E-state index is -0.168. The highest BCUT2D eigenvalue weighted by atomic mass is 16.2. The number of aromatic nitrogens is 1. The van der Waals surface area contributed by atoms with Crippen LogP contribution in [0.5, 0.6) is 0 Å². The fourth-order valence-electron chi connectivity index (χ4n) is 2.87. The van der Waals surface area contributed by atoms with E-state index in [1.807, 2.05) is 55.5 Å². The highest BCUT2D eigenvalue weighted by molar-refractivity contribution is 5.95. The predicted octanol–water partition coefficient (Wildman–Crippen LogP) is 3.69. The summed E-state index contributed by atoms with van der Waals surface area (Å²) >= 11 is 0. The lowest BCUT2D eigenvalue weighted by Gasteiger charge is -2.11. The molecule has 0 saturated carbocycles. The van der Waals surface area contributed by atoms with E-state index >= 15 is 0 Å². The molecule has 1 heterocycles. The van der Waals surface area contributed by atoms with Crippen LogP contribution in [0.15, 0.2) is 66.7 Å². The molecule has 0 fully saturated rings. The number of carbonyl (C=O) groups excluding carboxylic acids is 2. The van der Waals surface area contributed by atoms with Gasteiger partial charge in [0.1, 0.15) is 0 Å².